The van der Waals surface area contributed by atoms with Crippen molar-refractivity contribution in [1.82, 2.24) is 20.5 Å². The van der Waals surface area contributed by atoms with Crippen molar-refractivity contribution in [3.05, 3.63) is 33.5 Å². The summed E-state index contributed by atoms with van der Waals surface area (Å²) < 4.78 is 0. The zero-order chi connectivity index (χ0) is 12.3. The number of hydrogen-bond donors (Lipinski definition) is 2. The summed E-state index contributed by atoms with van der Waals surface area (Å²) in [5.74, 6) is 1.69. The summed E-state index contributed by atoms with van der Waals surface area (Å²) in [6.45, 7) is 7.05. The first kappa shape index (κ1) is 12.3. The molecule has 1 unspecified atom stereocenters. The van der Waals surface area contributed by atoms with Crippen LogP contribution in [0.3, 0.4) is 0 Å². The van der Waals surface area contributed by atoms with E-state index in [0.29, 0.717) is 0 Å². The van der Waals surface area contributed by atoms with Gasteiger partial charge >= 0.3 is 0 Å². The van der Waals surface area contributed by atoms with Gasteiger partial charge in [0, 0.05) is 16.3 Å². The van der Waals surface area contributed by atoms with E-state index in [1.54, 1.807) is 0 Å². The topological polar surface area (TPSA) is 53.6 Å². The summed E-state index contributed by atoms with van der Waals surface area (Å²) in [4.78, 5) is 7.11. The molecule has 0 aliphatic carbocycles. The molecule has 0 saturated heterocycles. The minimum Gasteiger partial charge on any atom is -0.303 e. The smallest absolute Gasteiger partial charge is 0.167 e. The number of thiophene rings is 1. The average Bonchev–Trinajstić information content (AvgIpc) is 2.94. The van der Waals surface area contributed by atoms with E-state index in [1.165, 1.54) is 9.75 Å². The van der Waals surface area contributed by atoms with E-state index in [-0.39, 0.29) is 6.04 Å². The van der Waals surface area contributed by atoms with Gasteiger partial charge in [-0.1, -0.05) is 6.92 Å². The molecule has 0 bridgehead atoms. The first-order valence-corrected chi connectivity index (χ1v) is 6.70. The molecule has 92 valence electrons. The number of hydrogen-bond acceptors (Lipinski definition) is 4. The van der Waals surface area contributed by atoms with Gasteiger partial charge in [-0.15, -0.1) is 11.3 Å². The fourth-order valence-electron chi connectivity index (χ4n) is 1.61. The molecule has 17 heavy (non-hydrogen) atoms. The number of nitrogens with zero attached hydrogens (tertiary/aromatic N) is 2. The predicted octanol–water partition coefficient (Wildman–Crippen LogP) is 2.59. The highest BCUT2D eigenvalue weighted by Gasteiger charge is 2.10. The lowest BCUT2D eigenvalue weighted by molar-refractivity contribution is 0.551. The summed E-state index contributed by atoms with van der Waals surface area (Å²) in [7, 11) is 0. The van der Waals surface area contributed by atoms with Crippen LogP contribution in [0.25, 0.3) is 0 Å². The second-order valence-electron chi connectivity index (χ2n) is 4.10. The fourth-order valence-corrected chi connectivity index (χ4v) is 2.51. The van der Waals surface area contributed by atoms with Crippen LogP contribution in [0, 0.1) is 6.92 Å². The molecule has 0 aliphatic heterocycles. The van der Waals surface area contributed by atoms with Crippen molar-refractivity contribution in [2.75, 3.05) is 0 Å². The summed E-state index contributed by atoms with van der Waals surface area (Å²) in [6.07, 6.45) is 1.11. The monoisotopic (exact) mass is 250 g/mol. The lowest BCUT2D eigenvalue weighted by atomic mass is 10.3. The number of aryl methyl sites for hydroxylation is 2. The SMILES string of the molecule is CCc1ccc(CNC(C)c2n[nH]c(C)n2)s1. The molecule has 0 radical (unpaired) electrons. The van der Waals surface area contributed by atoms with Gasteiger partial charge in [-0.3, -0.25) is 5.10 Å². The molecule has 0 spiro atoms. The Morgan fingerprint density at radius 1 is 1.41 bits per heavy atom. The number of rotatable bonds is 5. The van der Waals surface area contributed by atoms with Gasteiger partial charge in [-0.05, 0) is 32.4 Å². The van der Waals surface area contributed by atoms with Crippen LogP contribution < -0.4 is 5.32 Å². The van der Waals surface area contributed by atoms with Crippen molar-refractivity contribution >= 4 is 11.3 Å². The number of H-pyrrole nitrogens is 1. The largest absolute Gasteiger partial charge is 0.303 e. The lowest BCUT2D eigenvalue weighted by Gasteiger charge is -2.08. The van der Waals surface area contributed by atoms with Crippen LogP contribution in [0.15, 0.2) is 12.1 Å². The normalized spacial score (nSPS) is 12.9. The lowest BCUT2D eigenvalue weighted by Crippen LogP contribution is -2.18. The Hall–Kier alpha value is -1.20. The summed E-state index contributed by atoms with van der Waals surface area (Å²) in [5.41, 5.74) is 0. The van der Waals surface area contributed by atoms with Gasteiger partial charge in [0.1, 0.15) is 5.82 Å². The molecule has 2 aromatic heterocycles. The third-order valence-corrected chi connectivity index (χ3v) is 3.88. The Kier molecular flexibility index (Phi) is 3.91. The van der Waals surface area contributed by atoms with Crippen LogP contribution in [-0.2, 0) is 13.0 Å². The Labute approximate surface area is 105 Å². The highest BCUT2D eigenvalue weighted by Crippen LogP contribution is 2.17. The maximum absolute atomic E-state index is 4.32. The predicted molar refractivity (Wildman–Crippen MR) is 70.1 cm³/mol. The standard InChI is InChI=1S/C12H18N4S/c1-4-10-5-6-11(17-10)7-13-8(2)12-14-9(3)15-16-12/h5-6,8,13H,4,7H2,1-3H3,(H,14,15,16). The molecule has 2 aromatic rings. The van der Waals surface area contributed by atoms with Crippen LogP contribution in [0.4, 0.5) is 0 Å². The molecule has 5 heteroatoms. The van der Waals surface area contributed by atoms with Crippen LogP contribution in [-0.4, -0.2) is 15.2 Å². The highest BCUT2D eigenvalue weighted by molar-refractivity contribution is 7.11. The van der Waals surface area contributed by atoms with Gasteiger partial charge in [-0.2, -0.15) is 5.10 Å². The van der Waals surface area contributed by atoms with Crippen LogP contribution in [0.5, 0.6) is 0 Å². The summed E-state index contributed by atoms with van der Waals surface area (Å²) in [5, 5.41) is 10.4. The van der Waals surface area contributed by atoms with E-state index in [4.69, 9.17) is 0 Å². The molecule has 0 aliphatic rings. The minimum absolute atomic E-state index is 0.173. The van der Waals surface area contributed by atoms with E-state index in [9.17, 15) is 0 Å². The van der Waals surface area contributed by atoms with E-state index >= 15 is 0 Å². The first-order chi connectivity index (χ1) is 8.19. The Bertz CT molecular complexity index is 474. The highest BCUT2D eigenvalue weighted by atomic mass is 32.1. The second-order valence-corrected chi connectivity index (χ2v) is 5.36. The van der Waals surface area contributed by atoms with Crippen LogP contribution >= 0.6 is 11.3 Å². The quantitative estimate of drug-likeness (QED) is 0.857. The molecule has 1 atom stereocenters. The number of aromatic amines is 1. The molecule has 0 amide bonds. The summed E-state index contributed by atoms with van der Waals surface area (Å²) in [6, 6.07) is 4.56. The van der Waals surface area contributed by atoms with Gasteiger partial charge in [0.2, 0.25) is 0 Å². The number of nitrogens with one attached hydrogen (secondary N) is 2. The Morgan fingerprint density at radius 2 is 2.18 bits per heavy atom. The van der Waals surface area contributed by atoms with E-state index in [1.807, 2.05) is 18.3 Å². The Morgan fingerprint density at radius 3 is 2.76 bits per heavy atom. The first-order valence-electron chi connectivity index (χ1n) is 5.89. The maximum atomic E-state index is 4.32. The second kappa shape index (κ2) is 5.42. The van der Waals surface area contributed by atoms with Crippen molar-refractivity contribution in [2.24, 2.45) is 0 Å². The number of aromatic nitrogens is 3. The van der Waals surface area contributed by atoms with Crippen molar-refractivity contribution in [3.63, 3.8) is 0 Å². The van der Waals surface area contributed by atoms with Gasteiger partial charge < -0.3 is 5.32 Å². The van der Waals surface area contributed by atoms with Crippen molar-refractivity contribution in [1.29, 1.82) is 0 Å². The molecular formula is C12H18N4S. The third kappa shape index (κ3) is 3.14. The third-order valence-electron chi connectivity index (χ3n) is 2.65. The molecule has 4 nitrogen and oxygen atoms in total. The minimum atomic E-state index is 0.173. The molecule has 0 saturated carbocycles. The molecule has 0 fully saturated rings. The van der Waals surface area contributed by atoms with E-state index in [0.717, 1.165) is 24.6 Å². The van der Waals surface area contributed by atoms with Crippen molar-refractivity contribution in [2.45, 2.75) is 39.8 Å². The summed E-state index contributed by atoms with van der Waals surface area (Å²) >= 11 is 1.86. The van der Waals surface area contributed by atoms with Crippen molar-refractivity contribution < 1.29 is 0 Å². The van der Waals surface area contributed by atoms with Gasteiger partial charge in [0.15, 0.2) is 5.82 Å². The van der Waals surface area contributed by atoms with E-state index < -0.39 is 0 Å². The zero-order valence-corrected chi connectivity index (χ0v) is 11.3. The van der Waals surface area contributed by atoms with Gasteiger partial charge in [0.25, 0.3) is 0 Å². The fraction of sp³-hybridized carbons (Fsp3) is 0.500. The van der Waals surface area contributed by atoms with E-state index in [2.05, 4.69) is 46.5 Å². The molecule has 2 heterocycles. The molecular weight excluding hydrogens is 232 g/mol. The van der Waals surface area contributed by atoms with Crippen molar-refractivity contribution in [3.8, 4) is 0 Å². The molecule has 0 aromatic carbocycles. The van der Waals surface area contributed by atoms with Crippen LogP contribution in [0.1, 0.15) is 41.3 Å². The van der Waals surface area contributed by atoms with Crippen LogP contribution in [0.2, 0.25) is 0 Å². The molecule has 2 rings (SSSR count). The Balaban J connectivity index is 1.89. The zero-order valence-electron chi connectivity index (χ0n) is 10.4. The maximum Gasteiger partial charge on any atom is 0.167 e. The van der Waals surface area contributed by atoms with Gasteiger partial charge in [0.05, 0.1) is 6.04 Å². The van der Waals surface area contributed by atoms with Gasteiger partial charge in [-0.25, -0.2) is 4.98 Å². The average molecular weight is 250 g/mol. The molecule has 2 N–H and O–H groups in total.